The first-order chi connectivity index (χ1) is 4.39. The summed E-state index contributed by atoms with van der Waals surface area (Å²) in [5.74, 6) is -0.102. The Morgan fingerprint density at radius 1 is 1.60 bits per heavy atom. The predicted molar refractivity (Wildman–Crippen MR) is 39.5 cm³/mol. The normalized spacial score (nSPS) is 14.9. The second-order valence-electron chi connectivity index (χ2n) is 3.40. The summed E-state index contributed by atoms with van der Waals surface area (Å²) in [6.45, 7) is 5.08. The average molecular weight is 145 g/mol. The summed E-state index contributed by atoms with van der Waals surface area (Å²) in [5, 5.41) is 8.52. The standard InChI is InChI=1S/C7H15NO2/c1-7(2,3)6(10)5(8)4-9/h5,9H,4,8H2,1-3H3. The predicted octanol–water partition coefficient (Wildman–Crippen LogP) is -0.0788. The lowest BCUT2D eigenvalue weighted by Crippen LogP contribution is -2.41. The molecular formula is C7H15NO2. The van der Waals surface area contributed by atoms with E-state index in [9.17, 15) is 4.79 Å². The Balaban J connectivity index is 4.09. The van der Waals surface area contributed by atoms with Crippen LogP contribution in [0.1, 0.15) is 20.8 Å². The summed E-state index contributed by atoms with van der Waals surface area (Å²) >= 11 is 0. The van der Waals surface area contributed by atoms with Gasteiger partial charge in [-0.1, -0.05) is 20.8 Å². The van der Waals surface area contributed by atoms with E-state index in [-0.39, 0.29) is 12.4 Å². The minimum Gasteiger partial charge on any atom is -0.394 e. The summed E-state index contributed by atoms with van der Waals surface area (Å²) < 4.78 is 0. The molecule has 0 amide bonds. The van der Waals surface area contributed by atoms with Crippen LogP contribution in [0.3, 0.4) is 0 Å². The molecule has 10 heavy (non-hydrogen) atoms. The number of nitrogens with two attached hydrogens (primary N) is 1. The Hall–Kier alpha value is -0.410. The summed E-state index contributed by atoms with van der Waals surface area (Å²) in [5.41, 5.74) is 4.86. The number of carbonyl (C=O) groups excluding carboxylic acids is 1. The first-order valence-corrected chi connectivity index (χ1v) is 3.30. The van der Waals surface area contributed by atoms with Gasteiger partial charge in [0.05, 0.1) is 12.6 Å². The lowest BCUT2D eigenvalue weighted by molar-refractivity contribution is -0.128. The van der Waals surface area contributed by atoms with Crippen molar-refractivity contribution in [2.75, 3.05) is 6.61 Å². The van der Waals surface area contributed by atoms with E-state index in [0.717, 1.165) is 0 Å². The van der Waals surface area contributed by atoms with Crippen molar-refractivity contribution in [2.24, 2.45) is 11.1 Å². The van der Waals surface area contributed by atoms with Gasteiger partial charge in [0.25, 0.3) is 0 Å². The van der Waals surface area contributed by atoms with E-state index >= 15 is 0 Å². The molecule has 3 heteroatoms. The zero-order valence-corrected chi connectivity index (χ0v) is 6.72. The van der Waals surface area contributed by atoms with Gasteiger partial charge in [-0.25, -0.2) is 0 Å². The topological polar surface area (TPSA) is 63.3 Å². The van der Waals surface area contributed by atoms with Gasteiger partial charge in [-0.2, -0.15) is 0 Å². The van der Waals surface area contributed by atoms with Crippen LogP contribution in [0.5, 0.6) is 0 Å². The number of rotatable bonds is 2. The lowest BCUT2D eigenvalue weighted by Gasteiger charge is -2.19. The molecule has 0 saturated carbocycles. The maximum atomic E-state index is 11.1. The number of aliphatic hydroxyl groups excluding tert-OH is 1. The molecule has 3 nitrogen and oxygen atoms in total. The highest BCUT2D eigenvalue weighted by Gasteiger charge is 2.26. The van der Waals surface area contributed by atoms with E-state index in [2.05, 4.69) is 0 Å². The molecule has 0 aromatic carbocycles. The number of Topliss-reactive ketones (excluding diaryl/α,β-unsaturated/α-hetero) is 1. The van der Waals surface area contributed by atoms with Crippen LogP contribution in [0, 0.1) is 5.41 Å². The number of carbonyl (C=O) groups is 1. The fourth-order valence-electron chi connectivity index (χ4n) is 0.639. The maximum absolute atomic E-state index is 11.1. The molecule has 0 bridgehead atoms. The molecule has 0 aromatic heterocycles. The summed E-state index contributed by atoms with van der Waals surface area (Å²) in [4.78, 5) is 11.1. The minimum absolute atomic E-state index is 0.102. The van der Waals surface area contributed by atoms with Crippen LogP contribution in [-0.4, -0.2) is 23.5 Å². The van der Waals surface area contributed by atoms with Crippen molar-refractivity contribution in [1.29, 1.82) is 0 Å². The first-order valence-electron chi connectivity index (χ1n) is 3.30. The molecule has 60 valence electrons. The van der Waals surface area contributed by atoms with Crippen molar-refractivity contribution < 1.29 is 9.90 Å². The summed E-state index contributed by atoms with van der Waals surface area (Å²) in [6, 6.07) is -0.722. The molecule has 0 rings (SSSR count). The second kappa shape index (κ2) is 3.12. The van der Waals surface area contributed by atoms with Crippen LogP contribution >= 0.6 is 0 Å². The van der Waals surface area contributed by atoms with Gasteiger partial charge in [-0.05, 0) is 0 Å². The van der Waals surface area contributed by atoms with Crippen molar-refractivity contribution in [3.8, 4) is 0 Å². The van der Waals surface area contributed by atoms with Crippen LogP contribution in [0.25, 0.3) is 0 Å². The Morgan fingerprint density at radius 3 is 2.10 bits per heavy atom. The summed E-state index contributed by atoms with van der Waals surface area (Å²) in [7, 11) is 0. The lowest BCUT2D eigenvalue weighted by atomic mass is 9.87. The maximum Gasteiger partial charge on any atom is 0.157 e. The Labute approximate surface area is 61.2 Å². The van der Waals surface area contributed by atoms with Crippen LogP contribution in [0.2, 0.25) is 0 Å². The average Bonchev–Trinajstić information content (AvgIpc) is 1.83. The fraction of sp³-hybridized carbons (Fsp3) is 0.857. The van der Waals surface area contributed by atoms with Crippen molar-refractivity contribution >= 4 is 5.78 Å². The van der Waals surface area contributed by atoms with E-state index in [1.165, 1.54) is 0 Å². The zero-order chi connectivity index (χ0) is 8.36. The third-order valence-electron chi connectivity index (χ3n) is 1.27. The van der Waals surface area contributed by atoms with Crippen molar-refractivity contribution in [1.82, 2.24) is 0 Å². The van der Waals surface area contributed by atoms with E-state index < -0.39 is 11.5 Å². The molecule has 0 aliphatic heterocycles. The molecule has 0 saturated heterocycles. The third-order valence-corrected chi connectivity index (χ3v) is 1.27. The van der Waals surface area contributed by atoms with Gasteiger partial charge in [0.2, 0.25) is 0 Å². The van der Waals surface area contributed by atoms with Crippen LogP contribution < -0.4 is 5.73 Å². The number of hydrogen-bond acceptors (Lipinski definition) is 3. The molecule has 1 unspecified atom stereocenters. The molecule has 0 fully saturated rings. The number of hydrogen-bond donors (Lipinski definition) is 2. The van der Waals surface area contributed by atoms with Crippen LogP contribution in [0.4, 0.5) is 0 Å². The highest BCUT2D eigenvalue weighted by Crippen LogP contribution is 2.15. The molecule has 1 atom stereocenters. The van der Waals surface area contributed by atoms with Crippen molar-refractivity contribution in [3.63, 3.8) is 0 Å². The Kier molecular flexibility index (Phi) is 2.99. The third kappa shape index (κ3) is 2.45. The van der Waals surface area contributed by atoms with E-state index in [0.29, 0.717) is 0 Å². The quantitative estimate of drug-likeness (QED) is 0.571. The van der Waals surface area contributed by atoms with E-state index in [1.54, 1.807) is 20.8 Å². The van der Waals surface area contributed by atoms with Gasteiger partial charge in [-0.15, -0.1) is 0 Å². The van der Waals surface area contributed by atoms with Gasteiger partial charge in [0.15, 0.2) is 5.78 Å². The first kappa shape index (κ1) is 9.59. The monoisotopic (exact) mass is 145 g/mol. The minimum atomic E-state index is -0.722. The smallest absolute Gasteiger partial charge is 0.157 e. The fourth-order valence-corrected chi connectivity index (χ4v) is 0.639. The van der Waals surface area contributed by atoms with E-state index in [1.807, 2.05) is 0 Å². The SMILES string of the molecule is CC(C)(C)C(=O)C(N)CO. The number of ketones is 1. The summed E-state index contributed by atoms with van der Waals surface area (Å²) in [6.07, 6.45) is 0. The van der Waals surface area contributed by atoms with Crippen LogP contribution in [-0.2, 0) is 4.79 Å². The molecule has 0 spiro atoms. The largest absolute Gasteiger partial charge is 0.394 e. The van der Waals surface area contributed by atoms with Crippen LogP contribution in [0.15, 0.2) is 0 Å². The zero-order valence-electron chi connectivity index (χ0n) is 6.72. The molecule has 0 aromatic rings. The van der Waals surface area contributed by atoms with Crippen molar-refractivity contribution in [3.05, 3.63) is 0 Å². The second-order valence-corrected chi connectivity index (χ2v) is 3.40. The molecule has 3 N–H and O–H groups in total. The van der Waals surface area contributed by atoms with Gasteiger partial charge in [0, 0.05) is 5.41 Å². The molecule has 0 aliphatic rings. The van der Waals surface area contributed by atoms with Gasteiger partial charge in [-0.3, -0.25) is 4.79 Å². The highest BCUT2D eigenvalue weighted by atomic mass is 16.3. The highest BCUT2D eigenvalue weighted by molar-refractivity contribution is 5.88. The molecule has 0 radical (unpaired) electrons. The molecule has 0 aliphatic carbocycles. The molecule has 0 heterocycles. The van der Waals surface area contributed by atoms with E-state index in [4.69, 9.17) is 10.8 Å². The number of aliphatic hydroxyl groups is 1. The Morgan fingerprint density at radius 2 is 2.00 bits per heavy atom. The van der Waals surface area contributed by atoms with Gasteiger partial charge >= 0.3 is 0 Å². The van der Waals surface area contributed by atoms with Crippen molar-refractivity contribution in [2.45, 2.75) is 26.8 Å². The van der Waals surface area contributed by atoms with Gasteiger partial charge in [0.1, 0.15) is 0 Å². The van der Waals surface area contributed by atoms with Gasteiger partial charge < -0.3 is 10.8 Å². The molecular weight excluding hydrogens is 130 g/mol. The Bertz CT molecular complexity index is 126.